The molecule has 0 bridgehead atoms. The predicted octanol–water partition coefficient (Wildman–Crippen LogP) is 1.65. The Labute approximate surface area is 125 Å². The van der Waals surface area contributed by atoms with Crippen LogP contribution in [0, 0.1) is 0 Å². The van der Waals surface area contributed by atoms with Crippen LogP contribution in [0.1, 0.15) is 0 Å². The Morgan fingerprint density at radius 2 is 1.32 bits per heavy atom. The fourth-order valence-corrected chi connectivity index (χ4v) is 2.27. The minimum Gasteiger partial charge on any atom is -0.457 e. The normalized spacial score (nSPS) is 10.8. The molecule has 0 aliphatic rings. The second-order valence-electron chi connectivity index (χ2n) is 5.19. The van der Waals surface area contributed by atoms with Crippen molar-refractivity contribution in [3.05, 3.63) is 73.1 Å². The van der Waals surface area contributed by atoms with Crippen LogP contribution < -0.4 is 25.9 Å². The van der Waals surface area contributed by atoms with Gasteiger partial charge in [0, 0.05) is 30.6 Å². The molecule has 0 atom stereocenters. The van der Waals surface area contributed by atoms with Gasteiger partial charge in [-0.3, -0.25) is 14.4 Å². The molecule has 3 aromatic carbocycles. The summed E-state index contributed by atoms with van der Waals surface area (Å²) >= 11 is 0. The van der Waals surface area contributed by atoms with Gasteiger partial charge in [0.2, 0.25) is 10.9 Å². The minimum atomic E-state index is -0.984. The van der Waals surface area contributed by atoms with E-state index < -0.39 is 16.3 Å². The molecular formula is C17H13NO4. The van der Waals surface area contributed by atoms with Crippen molar-refractivity contribution in [3.8, 4) is 11.5 Å². The molecule has 0 N–H and O–H groups in total. The van der Waals surface area contributed by atoms with Crippen LogP contribution in [0.5, 0.6) is 11.5 Å². The van der Waals surface area contributed by atoms with Crippen LogP contribution in [0.2, 0.25) is 0 Å². The maximum atomic E-state index is 11.7. The summed E-state index contributed by atoms with van der Waals surface area (Å²) in [4.78, 5) is 36.6. The summed E-state index contributed by atoms with van der Waals surface area (Å²) in [5, 5.41) is 0.253. The maximum absolute atomic E-state index is 11.7. The second-order valence-corrected chi connectivity index (χ2v) is 5.19. The monoisotopic (exact) mass is 295 g/mol. The highest BCUT2D eigenvalue weighted by Gasteiger charge is 2.13. The van der Waals surface area contributed by atoms with Crippen LogP contribution in [0.15, 0.2) is 56.8 Å². The van der Waals surface area contributed by atoms with Crippen molar-refractivity contribution in [2.45, 2.75) is 0 Å². The quantitative estimate of drug-likeness (QED) is 0.688. The Bertz CT molecular complexity index is 980. The molecule has 0 amide bonds. The van der Waals surface area contributed by atoms with Crippen molar-refractivity contribution in [2.75, 3.05) is 19.0 Å². The van der Waals surface area contributed by atoms with E-state index in [1.807, 2.05) is 31.1 Å². The number of ether oxygens (including phenoxy) is 1. The summed E-state index contributed by atoms with van der Waals surface area (Å²) in [7, 11) is 3.88. The molecular weight excluding hydrogens is 282 g/mol. The lowest BCUT2D eigenvalue weighted by molar-refractivity contribution is 0.483. The number of rotatable bonds is 3. The highest BCUT2D eigenvalue weighted by Crippen LogP contribution is 2.25. The zero-order chi connectivity index (χ0) is 15.9. The van der Waals surface area contributed by atoms with Gasteiger partial charge in [0.25, 0.3) is 5.43 Å². The number of fused-ring (bicyclic) bond motifs is 1. The molecule has 5 nitrogen and oxygen atoms in total. The van der Waals surface area contributed by atoms with E-state index in [0.29, 0.717) is 11.5 Å². The van der Waals surface area contributed by atoms with Gasteiger partial charge in [0.1, 0.15) is 11.5 Å². The summed E-state index contributed by atoms with van der Waals surface area (Å²) in [6, 6.07) is 11.9. The van der Waals surface area contributed by atoms with E-state index in [4.69, 9.17) is 4.74 Å². The molecule has 0 saturated carbocycles. The number of nitrogens with zero attached hydrogens (tertiary/aromatic N) is 1. The average molecular weight is 295 g/mol. The van der Waals surface area contributed by atoms with Gasteiger partial charge < -0.3 is 9.64 Å². The molecule has 3 aromatic rings. The lowest BCUT2D eigenvalue weighted by Crippen LogP contribution is -2.29. The summed E-state index contributed by atoms with van der Waals surface area (Å²) in [6.45, 7) is 0. The van der Waals surface area contributed by atoms with Crippen LogP contribution in [0.25, 0.3) is 10.8 Å². The standard InChI is InChI=1S/C17H13NO4/c1-18(2)10-3-5-11(6-4-10)22-12-7-8-13-14(9-12)16(20)17(21)15(13)19/h3-9H,1-2H3. The van der Waals surface area contributed by atoms with Crippen molar-refractivity contribution in [1.29, 1.82) is 0 Å². The molecule has 110 valence electrons. The van der Waals surface area contributed by atoms with Crippen molar-refractivity contribution < 1.29 is 4.74 Å². The average Bonchev–Trinajstić information content (AvgIpc) is 2.72. The van der Waals surface area contributed by atoms with Gasteiger partial charge in [-0.1, -0.05) is 0 Å². The first-order chi connectivity index (χ1) is 10.5. The molecule has 0 fully saturated rings. The molecule has 0 aliphatic heterocycles. The van der Waals surface area contributed by atoms with Crippen molar-refractivity contribution in [2.24, 2.45) is 0 Å². The van der Waals surface area contributed by atoms with Crippen LogP contribution in [0.3, 0.4) is 0 Å². The van der Waals surface area contributed by atoms with E-state index in [1.165, 1.54) is 12.1 Å². The van der Waals surface area contributed by atoms with E-state index in [0.717, 1.165) is 5.69 Å². The van der Waals surface area contributed by atoms with E-state index in [-0.39, 0.29) is 10.8 Å². The van der Waals surface area contributed by atoms with Crippen molar-refractivity contribution >= 4 is 16.5 Å². The Hall–Kier alpha value is -2.95. The molecule has 0 saturated heterocycles. The number of hydrogen-bond acceptors (Lipinski definition) is 5. The molecule has 0 aromatic heterocycles. The first-order valence-corrected chi connectivity index (χ1v) is 6.70. The van der Waals surface area contributed by atoms with Gasteiger partial charge in [-0.05, 0) is 42.5 Å². The van der Waals surface area contributed by atoms with Crippen molar-refractivity contribution in [3.63, 3.8) is 0 Å². The third-order valence-electron chi connectivity index (χ3n) is 3.48. The highest BCUT2D eigenvalue weighted by atomic mass is 16.5. The number of hydrogen-bond donors (Lipinski definition) is 0. The highest BCUT2D eigenvalue weighted by molar-refractivity contribution is 5.84. The van der Waals surface area contributed by atoms with Gasteiger partial charge in [-0.15, -0.1) is 0 Å². The first-order valence-electron chi connectivity index (χ1n) is 6.70. The van der Waals surface area contributed by atoms with Crippen LogP contribution in [-0.2, 0) is 0 Å². The largest absolute Gasteiger partial charge is 0.457 e. The third kappa shape index (κ3) is 2.26. The van der Waals surface area contributed by atoms with E-state index >= 15 is 0 Å². The molecule has 0 spiro atoms. The maximum Gasteiger partial charge on any atom is 0.273 e. The van der Waals surface area contributed by atoms with Gasteiger partial charge in [0.15, 0.2) is 0 Å². The van der Waals surface area contributed by atoms with Crippen LogP contribution in [0.4, 0.5) is 5.69 Å². The fourth-order valence-electron chi connectivity index (χ4n) is 2.27. The Kier molecular flexibility index (Phi) is 3.25. The first kappa shape index (κ1) is 14.0. The Balaban J connectivity index is 1.97. The molecule has 0 radical (unpaired) electrons. The summed E-state index contributed by atoms with van der Waals surface area (Å²) in [5.41, 5.74) is -1.47. The molecule has 3 rings (SSSR count). The molecule has 0 heterocycles. The molecule has 5 heteroatoms. The number of anilines is 1. The minimum absolute atomic E-state index is 0.109. The van der Waals surface area contributed by atoms with Crippen LogP contribution in [-0.4, -0.2) is 14.1 Å². The molecule has 0 unspecified atom stereocenters. The lowest BCUT2D eigenvalue weighted by Gasteiger charge is -2.13. The zero-order valence-corrected chi connectivity index (χ0v) is 12.1. The van der Waals surface area contributed by atoms with Crippen molar-refractivity contribution in [1.82, 2.24) is 0 Å². The fraction of sp³-hybridized carbons (Fsp3) is 0.118. The number of benzene rings is 2. The SMILES string of the molecule is CN(C)c1ccc(Oc2ccc3c(=O)c(=O)c(=O)c3c2)cc1. The van der Waals surface area contributed by atoms with Gasteiger partial charge >= 0.3 is 0 Å². The Morgan fingerprint density at radius 3 is 1.95 bits per heavy atom. The Morgan fingerprint density at radius 1 is 0.727 bits per heavy atom. The van der Waals surface area contributed by atoms with E-state index in [1.54, 1.807) is 18.2 Å². The van der Waals surface area contributed by atoms with Gasteiger partial charge in [-0.2, -0.15) is 0 Å². The van der Waals surface area contributed by atoms with Gasteiger partial charge in [-0.25, -0.2) is 0 Å². The third-order valence-corrected chi connectivity index (χ3v) is 3.48. The van der Waals surface area contributed by atoms with Crippen LogP contribution >= 0.6 is 0 Å². The predicted molar refractivity (Wildman–Crippen MR) is 86.0 cm³/mol. The zero-order valence-electron chi connectivity index (χ0n) is 12.1. The van der Waals surface area contributed by atoms with E-state index in [2.05, 4.69) is 0 Å². The lowest BCUT2D eigenvalue weighted by atomic mass is 10.2. The summed E-state index contributed by atoms with van der Waals surface area (Å²) in [6.07, 6.45) is 0. The molecule has 22 heavy (non-hydrogen) atoms. The van der Waals surface area contributed by atoms with E-state index in [9.17, 15) is 14.4 Å². The van der Waals surface area contributed by atoms with Gasteiger partial charge in [0.05, 0.1) is 0 Å². The summed E-state index contributed by atoms with van der Waals surface area (Å²) in [5.74, 6) is 1.01. The molecule has 0 aliphatic carbocycles. The smallest absolute Gasteiger partial charge is 0.273 e. The summed E-state index contributed by atoms with van der Waals surface area (Å²) < 4.78 is 5.66. The topological polar surface area (TPSA) is 63.7 Å². The second kappa shape index (κ2) is 5.11.